The molecule has 4 N–H and O–H groups in total. The molecule has 278 valence electrons. The zero-order valence-electron chi connectivity index (χ0n) is 28.0. The van der Waals surface area contributed by atoms with Crippen LogP contribution in [0.15, 0.2) is 89.0 Å². The summed E-state index contributed by atoms with van der Waals surface area (Å²) in [6.07, 6.45) is 0.656. The van der Waals surface area contributed by atoms with Crippen molar-refractivity contribution in [1.82, 2.24) is 14.9 Å². The highest BCUT2D eigenvalue weighted by Crippen LogP contribution is 2.39. The van der Waals surface area contributed by atoms with Crippen molar-refractivity contribution in [2.45, 2.75) is 62.6 Å². The van der Waals surface area contributed by atoms with Gasteiger partial charge in [-0.2, -0.15) is 13.2 Å². The number of urea groups is 1. The van der Waals surface area contributed by atoms with Crippen molar-refractivity contribution >= 4 is 56.7 Å². The fraction of sp³-hybridized carbons (Fsp3) is 0.389. The number of aliphatic hydroxyl groups is 1. The number of carbonyl (C=O) groups is 2. The highest BCUT2D eigenvalue weighted by Gasteiger charge is 2.42. The van der Waals surface area contributed by atoms with Gasteiger partial charge in [0.1, 0.15) is 11.1 Å². The van der Waals surface area contributed by atoms with E-state index in [4.69, 9.17) is 33.6 Å². The Bertz CT molecular complexity index is 1930. The van der Waals surface area contributed by atoms with Crippen LogP contribution in [-0.2, 0) is 21.2 Å². The lowest BCUT2D eigenvalue weighted by atomic mass is 9.80. The molecule has 2 aromatic carbocycles. The van der Waals surface area contributed by atoms with Crippen molar-refractivity contribution in [3.05, 3.63) is 105 Å². The minimum atomic E-state index is -5.04. The summed E-state index contributed by atoms with van der Waals surface area (Å²) in [6, 6.07) is 11.4. The molecule has 2 aliphatic carbocycles. The minimum Gasteiger partial charge on any atom is -0.382 e. The Hall–Kier alpha value is -3.98. The molecule has 52 heavy (non-hydrogen) atoms. The Kier molecular flexibility index (Phi) is 12.3. The van der Waals surface area contributed by atoms with Gasteiger partial charge in [-0.3, -0.25) is 24.8 Å². The van der Waals surface area contributed by atoms with E-state index in [0.717, 1.165) is 16.7 Å². The lowest BCUT2D eigenvalue weighted by molar-refractivity contribution is -0.204. The zero-order valence-corrected chi connectivity index (χ0v) is 30.4. The van der Waals surface area contributed by atoms with E-state index in [1.165, 1.54) is 24.3 Å². The fourth-order valence-corrected chi connectivity index (χ4v) is 8.41. The van der Waals surface area contributed by atoms with E-state index in [1.54, 1.807) is 37.3 Å². The van der Waals surface area contributed by atoms with Gasteiger partial charge in [0.15, 0.2) is 6.10 Å². The molecule has 0 saturated carbocycles. The Morgan fingerprint density at radius 1 is 1.10 bits per heavy atom. The maximum absolute atomic E-state index is 13.4. The first kappa shape index (κ1) is 39.2. The van der Waals surface area contributed by atoms with Gasteiger partial charge >= 0.3 is 12.2 Å². The molecule has 0 radical (unpaired) electrons. The summed E-state index contributed by atoms with van der Waals surface area (Å²) in [5.74, 6) is -2.18. The van der Waals surface area contributed by atoms with Gasteiger partial charge in [0, 0.05) is 21.5 Å². The fourth-order valence-electron chi connectivity index (χ4n) is 6.54. The van der Waals surface area contributed by atoms with Crippen molar-refractivity contribution in [3.8, 4) is 0 Å². The lowest BCUT2D eigenvalue weighted by Gasteiger charge is -2.28. The van der Waals surface area contributed by atoms with E-state index >= 15 is 0 Å². The number of nitrogens with one attached hydrogen (secondary N) is 3. The summed E-state index contributed by atoms with van der Waals surface area (Å²) in [5.41, 5.74) is 3.12. The van der Waals surface area contributed by atoms with Gasteiger partial charge in [-0.25, -0.2) is 13.2 Å². The van der Waals surface area contributed by atoms with E-state index in [-0.39, 0.29) is 24.4 Å². The van der Waals surface area contributed by atoms with Gasteiger partial charge in [-0.05, 0) is 91.1 Å². The quantitative estimate of drug-likeness (QED) is 0.154. The van der Waals surface area contributed by atoms with Gasteiger partial charge in [0.2, 0.25) is 15.9 Å². The number of hydrogen-bond acceptors (Lipinski definition) is 7. The number of allylic oxidation sites excluding steroid dienone is 3. The number of halogens is 5. The number of hydrogen-bond donors (Lipinski definition) is 4. The van der Waals surface area contributed by atoms with Crippen LogP contribution in [0, 0.1) is 17.2 Å². The van der Waals surface area contributed by atoms with Crippen molar-refractivity contribution in [3.63, 3.8) is 0 Å². The molecule has 3 aliphatic rings. The number of nitrogens with zero attached hydrogens (tertiary/aromatic N) is 2. The maximum atomic E-state index is 13.4. The summed E-state index contributed by atoms with van der Waals surface area (Å²) < 4.78 is 68.7. The van der Waals surface area contributed by atoms with E-state index in [0.29, 0.717) is 46.3 Å². The van der Waals surface area contributed by atoms with Crippen LogP contribution in [0.2, 0.25) is 10.0 Å². The van der Waals surface area contributed by atoms with Crippen LogP contribution in [0.5, 0.6) is 0 Å². The van der Waals surface area contributed by atoms with Gasteiger partial charge in [0.05, 0.1) is 24.8 Å². The largest absolute Gasteiger partial charge is 0.416 e. The highest BCUT2D eigenvalue weighted by molar-refractivity contribution is 7.90. The second-order valence-corrected chi connectivity index (χ2v) is 15.7. The minimum absolute atomic E-state index is 0.0993. The normalized spacial score (nSPS) is 22.0. The molecule has 1 heterocycles. The molecule has 5 atom stereocenters. The molecule has 3 amide bonds. The molecular formula is C36H38Cl2F3N5O5S. The number of aryl methyl sites for hydroxylation is 1. The van der Waals surface area contributed by atoms with Crippen LogP contribution >= 0.6 is 23.2 Å². The van der Waals surface area contributed by atoms with Crippen molar-refractivity contribution in [1.29, 1.82) is 5.41 Å². The standard InChI is InChI=1S/C36H38Cl2F3N5O5S/c1-21-5-2-3-8-31(21)52(50,51)45-34(48)24-12-15-27-28(18-24)29(16-9-22-6-4-7-26(38)17-22)44-30(27)19-43-35(49)46(20-32(47)36(39,40)41)33(42)23-10-13-25(37)14-11-23/h2-8,10-11,13-14,17,21,24,29,31-32,42,47H,9,12,15-16,18-20H2,1H3,(H,43,49)(H,45,48)/t21?,24?,29?,31?,32-/m0/s1. The van der Waals surface area contributed by atoms with Gasteiger partial charge in [-0.1, -0.05) is 66.6 Å². The van der Waals surface area contributed by atoms with Crippen LogP contribution in [0.25, 0.3) is 0 Å². The van der Waals surface area contributed by atoms with Crippen LogP contribution < -0.4 is 10.0 Å². The maximum Gasteiger partial charge on any atom is 0.416 e. The van der Waals surface area contributed by atoms with Gasteiger partial charge < -0.3 is 10.4 Å². The molecule has 0 spiro atoms. The molecule has 16 heteroatoms. The summed E-state index contributed by atoms with van der Waals surface area (Å²) in [7, 11) is -4.01. The Morgan fingerprint density at radius 3 is 2.48 bits per heavy atom. The number of carbonyl (C=O) groups excluding carboxylic acids is 2. The average molecular weight is 781 g/mol. The molecule has 10 nitrogen and oxygen atoms in total. The summed E-state index contributed by atoms with van der Waals surface area (Å²) in [4.78, 5) is 32.2. The first-order chi connectivity index (χ1) is 24.5. The van der Waals surface area contributed by atoms with Crippen LogP contribution in [0.1, 0.15) is 43.7 Å². The van der Waals surface area contributed by atoms with Crippen LogP contribution in [0.3, 0.4) is 0 Å². The summed E-state index contributed by atoms with van der Waals surface area (Å²) >= 11 is 12.1. The van der Waals surface area contributed by atoms with E-state index in [1.807, 2.05) is 18.2 Å². The molecule has 0 saturated heterocycles. The third-order valence-electron chi connectivity index (χ3n) is 9.34. The van der Waals surface area contributed by atoms with E-state index in [9.17, 15) is 36.3 Å². The second kappa shape index (κ2) is 16.4. The smallest absolute Gasteiger partial charge is 0.382 e. The van der Waals surface area contributed by atoms with Crippen molar-refractivity contribution in [2.24, 2.45) is 16.8 Å². The predicted octanol–water partition coefficient (Wildman–Crippen LogP) is 6.38. The van der Waals surface area contributed by atoms with Gasteiger partial charge in [0.25, 0.3) is 0 Å². The Balaban J connectivity index is 1.35. The molecule has 2 aromatic rings. The monoisotopic (exact) mass is 779 g/mol. The second-order valence-electron chi connectivity index (χ2n) is 13.0. The topological polar surface area (TPSA) is 152 Å². The van der Waals surface area contributed by atoms with Gasteiger partial charge in [-0.15, -0.1) is 0 Å². The first-order valence-electron chi connectivity index (χ1n) is 16.6. The zero-order chi connectivity index (χ0) is 37.8. The predicted molar refractivity (Wildman–Crippen MR) is 194 cm³/mol. The number of benzene rings is 2. The van der Waals surface area contributed by atoms with Crippen LogP contribution in [0.4, 0.5) is 18.0 Å². The van der Waals surface area contributed by atoms with E-state index < -0.39 is 63.8 Å². The number of rotatable bonds is 11. The van der Waals surface area contributed by atoms with E-state index in [2.05, 4.69) is 10.0 Å². The molecule has 0 fully saturated rings. The number of amides is 3. The van der Waals surface area contributed by atoms with Crippen molar-refractivity contribution < 1.29 is 36.3 Å². The molecule has 4 unspecified atom stereocenters. The SMILES string of the molecule is CC1C=CC=CC1S(=O)(=O)NC(=O)C1CCC2=C(C1)C(CCc1cccc(Cl)c1)N=C2CNC(=O)N(C[C@H](O)C(F)(F)F)C(=N)c1ccc(Cl)cc1. The third-order valence-corrected chi connectivity index (χ3v) is 11.6. The number of sulfonamides is 1. The number of alkyl halides is 3. The Morgan fingerprint density at radius 2 is 1.81 bits per heavy atom. The average Bonchev–Trinajstić information content (AvgIpc) is 3.44. The molecule has 5 rings (SSSR count). The highest BCUT2D eigenvalue weighted by atomic mass is 35.5. The Labute approximate surface area is 310 Å². The number of aliphatic imine (C=N–C) groups is 1. The van der Waals surface area contributed by atoms with Crippen molar-refractivity contribution in [2.75, 3.05) is 13.1 Å². The lowest BCUT2D eigenvalue weighted by Crippen LogP contribution is -2.51. The van der Waals surface area contributed by atoms with Crippen LogP contribution in [-0.4, -0.2) is 78.6 Å². The molecule has 1 aliphatic heterocycles. The first-order valence-corrected chi connectivity index (χ1v) is 18.9. The summed E-state index contributed by atoms with van der Waals surface area (Å²) in [5, 5.41) is 20.9. The summed E-state index contributed by atoms with van der Waals surface area (Å²) in [6.45, 7) is 0.318. The molecular weight excluding hydrogens is 742 g/mol. The number of amidine groups is 1. The molecule has 0 aromatic heterocycles. The number of aliphatic hydroxyl groups excluding tert-OH is 1. The third kappa shape index (κ3) is 9.51. The molecule has 0 bridgehead atoms.